The Balaban J connectivity index is 2.30. The quantitative estimate of drug-likeness (QED) is 0.226. The van der Waals surface area contributed by atoms with E-state index >= 15 is 0 Å². The van der Waals surface area contributed by atoms with E-state index in [9.17, 15) is 0 Å². The third-order valence-corrected chi connectivity index (χ3v) is 1.86. The molecule has 0 radical (unpaired) electrons. The molecule has 0 saturated heterocycles. The Morgan fingerprint density at radius 2 is 1.58 bits per heavy atom. The Morgan fingerprint density at radius 1 is 1.00 bits per heavy atom. The molecular formula is C6H8N10O3. The van der Waals surface area contributed by atoms with Gasteiger partial charge in [0.05, 0.1) is 0 Å². The van der Waals surface area contributed by atoms with Crippen LogP contribution in [0.25, 0.3) is 0 Å². The summed E-state index contributed by atoms with van der Waals surface area (Å²) in [6.07, 6.45) is 0. The van der Waals surface area contributed by atoms with E-state index in [1.54, 1.807) is 5.48 Å². The molecule has 19 heavy (non-hydrogen) atoms. The van der Waals surface area contributed by atoms with Crippen LogP contribution in [0.3, 0.4) is 0 Å². The molecule has 13 nitrogen and oxygen atoms in total. The van der Waals surface area contributed by atoms with Crippen molar-refractivity contribution in [2.45, 2.75) is 0 Å². The predicted octanol–water partition coefficient (Wildman–Crippen LogP) is -2.34. The van der Waals surface area contributed by atoms with Crippen molar-refractivity contribution < 1.29 is 14.5 Å². The Bertz CT molecular complexity index is 627. The van der Waals surface area contributed by atoms with Gasteiger partial charge in [-0.15, -0.1) is 10.2 Å². The summed E-state index contributed by atoms with van der Waals surface area (Å²) in [5, 5.41) is 29.4. The zero-order chi connectivity index (χ0) is 13.8. The van der Waals surface area contributed by atoms with Crippen molar-refractivity contribution in [3.8, 4) is 0 Å². The molecule has 0 spiro atoms. The summed E-state index contributed by atoms with van der Waals surface area (Å²) < 4.78 is 8.67. The van der Waals surface area contributed by atoms with Crippen LogP contribution in [0, 0.1) is 0 Å². The zero-order valence-corrected chi connectivity index (χ0v) is 9.18. The number of aromatic nitrogens is 4. The van der Waals surface area contributed by atoms with Crippen molar-refractivity contribution in [2.75, 3.05) is 11.5 Å². The number of nitrogens with one attached hydrogen (secondary N) is 1. The molecule has 0 aliphatic carbocycles. The summed E-state index contributed by atoms with van der Waals surface area (Å²) in [6, 6.07) is 0. The first-order valence-electron chi connectivity index (χ1n) is 4.61. The lowest BCUT2D eigenvalue weighted by atomic mass is 10.4. The van der Waals surface area contributed by atoms with Gasteiger partial charge in [0.25, 0.3) is 0 Å². The first-order chi connectivity index (χ1) is 9.13. The second-order valence-electron chi connectivity index (χ2n) is 3.04. The number of nitrogen functional groups attached to an aromatic ring is 2. The van der Waals surface area contributed by atoms with Crippen molar-refractivity contribution >= 4 is 23.3 Å². The normalized spacial score (nSPS) is 12.7. The number of rotatable bonds is 3. The number of amidine groups is 2. The number of nitrogens with zero attached hydrogens (tertiary/aromatic N) is 6. The van der Waals surface area contributed by atoms with Crippen LogP contribution in [-0.4, -0.2) is 37.5 Å². The smallest absolute Gasteiger partial charge is 0.205 e. The molecule has 0 bridgehead atoms. The van der Waals surface area contributed by atoms with E-state index < -0.39 is 0 Å². The van der Waals surface area contributed by atoms with E-state index in [1.807, 2.05) is 0 Å². The van der Waals surface area contributed by atoms with Gasteiger partial charge in [-0.1, -0.05) is 0 Å². The maximum atomic E-state index is 8.89. The highest BCUT2D eigenvalue weighted by Gasteiger charge is 2.14. The number of hydroxylamine groups is 1. The predicted molar refractivity (Wildman–Crippen MR) is 59.6 cm³/mol. The molecular weight excluding hydrogens is 260 g/mol. The van der Waals surface area contributed by atoms with Gasteiger partial charge in [-0.2, -0.15) is 0 Å². The molecule has 2 heterocycles. The van der Waals surface area contributed by atoms with Crippen LogP contribution in [0.4, 0.5) is 11.6 Å². The molecule has 2 rings (SSSR count). The maximum Gasteiger partial charge on any atom is 0.205 e. The lowest BCUT2D eigenvalue weighted by Gasteiger charge is -1.97. The van der Waals surface area contributed by atoms with Crippen LogP contribution in [0.2, 0.25) is 0 Å². The highest BCUT2D eigenvalue weighted by atomic mass is 16.6. The summed E-state index contributed by atoms with van der Waals surface area (Å²) in [6.45, 7) is 0. The van der Waals surface area contributed by atoms with Crippen LogP contribution in [0.5, 0.6) is 0 Å². The average molecular weight is 268 g/mol. The van der Waals surface area contributed by atoms with E-state index in [0.29, 0.717) is 0 Å². The van der Waals surface area contributed by atoms with Crippen molar-refractivity contribution in [1.82, 2.24) is 26.1 Å². The van der Waals surface area contributed by atoms with E-state index in [0.717, 1.165) is 0 Å². The van der Waals surface area contributed by atoms with Gasteiger partial charge in [0, 0.05) is 0 Å². The standard InChI is InChI=1S/C6H8N10O3/c7-3(1-4(8)15-18-13-1)10-11-6(12-17)2-5(9)16-19-14-2/h17H,(H2,7,10)(H2,8,15)(H2,9,16)(H,11,12). The van der Waals surface area contributed by atoms with Gasteiger partial charge < -0.3 is 17.2 Å². The van der Waals surface area contributed by atoms with Crippen LogP contribution >= 0.6 is 0 Å². The summed E-state index contributed by atoms with van der Waals surface area (Å²) in [7, 11) is 0. The van der Waals surface area contributed by atoms with Crippen LogP contribution in [-0.2, 0) is 0 Å². The van der Waals surface area contributed by atoms with Gasteiger partial charge in [-0.25, -0.2) is 14.7 Å². The number of nitrogens with two attached hydrogens (primary N) is 3. The number of hydrogen-bond donors (Lipinski definition) is 5. The number of hydrogen-bond acceptors (Lipinski definition) is 11. The van der Waals surface area contributed by atoms with Gasteiger partial charge in [0.15, 0.2) is 28.9 Å². The second kappa shape index (κ2) is 4.96. The van der Waals surface area contributed by atoms with Gasteiger partial charge >= 0.3 is 0 Å². The Labute approximate surface area is 104 Å². The summed E-state index contributed by atoms with van der Waals surface area (Å²) in [4.78, 5) is 0. The van der Waals surface area contributed by atoms with Crippen molar-refractivity contribution in [2.24, 2.45) is 15.9 Å². The molecule has 13 heteroatoms. The second-order valence-corrected chi connectivity index (χ2v) is 3.04. The van der Waals surface area contributed by atoms with Crippen molar-refractivity contribution in [3.63, 3.8) is 0 Å². The minimum atomic E-state index is -0.239. The van der Waals surface area contributed by atoms with Gasteiger partial charge in [-0.05, 0) is 20.6 Å². The van der Waals surface area contributed by atoms with Gasteiger partial charge in [0.1, 0.15) is 0 Å². The fourth-order valence-electron chi connectivity index (χ4n) is 1.01. The molecule has 0 aromatic carbocycles. The van der Waals surface area contributed by atoms with Crippen LogP contribution in [0.1, 0.15) is 11.4 Å². The molecule has 8 N–H and O–H groups in total. The molecule has 0 aliphatic heterocycles. The highest BCUT2D eigenvalue weighted by molar-refractivity contribution is 6.02. The van der Waals surface area contributed by atoms with Crippen molar-refractivity contribution in [3.05, 3.63) is 11.4 Å². The first kappa shape index (κ1) is 12.2. The van der Waals surface area contributed by atoms with E-state index in [4.69, 9.17) is 22.4 Å². The Morgan fingerprint density at radius 3 is 2.05 bits per heavy atom. The third kappa shape index (κ3) is 2.39. The summed E-state index contributed by atoms with van der Waals surface area (Å²) in [5.74, 6) is -0.590. The largest absolute Gasteiger partial charge is 0.380 e. The summed E-state index contributed by atoms with van der Waals surface area (Å²) in [5.41, 5.74) is 18.0. The first-order valence-corrected chi connectivity index (χ1v) is 4.61. The molecule has 0 fully saturated rings. The summed E-state index contributed by atoms with van der Waals surface area (Å²) >= 11 is 0. The Hall–Kier alpha value is -3.22. The SMILES string of the molecule is N/C(=N/N=C(NO)c1nonc1N)c1nonc1N. The lowest BCUT2D eigenvalue weighted by Crippen LogP contribution is -2.22. The highest BCUT2D eigenvalue weighted by Crippen LogP contribution is 2.06. The minimum Gasteiger partial charge on any atom is -0.380 e. The molecule has 0 saturated carbocycles. The number of anilines is 2. The fourth-order valence-corrected chi connectivity index (χ4v) is 1.01. The van der Waals surface area contributed by atoms with Gasteiger partial charge in [-0.3, -0.25) is 5.21 Å². The fraction of sp³-hybridized carbons (Fsp3) is 0. The molecule has 2 aromatic heterocycles. The molecule has 0 aliphatic rings. The third-order valence-electron chi connectivity index (χ3n) is 1.86. The molecule has 0 atom stereocenters. The average Bonchev–Trinajstić information content (AvgIpc) is 2.99. The lowest BCUT2D eigenvalue weighted by molar-refractivity contribution is 0.233. The topological polar surface area (TPSA) is 213 Å². The Kier molecular flexibility index (Phi) is 3.20. The van der Waals surface area contributed by atoms with Crippen LogP contribution < -0.4 is 22.7 Å². The van der Waals surface area contributed by atoms with E-state index in [1.165, 1.54) is 0 Å². The molecule has 0 unspecified atom stereocenters. The van der Waals surface area contributed by atoms with E-state index in [2.05, 4.69) is 40.1 Å². The van der Waals surface area contributed by atoms with E-state index in [-0.39, 0.29) is 34.7 Å². The molecule has 2 aromatic rings. The monoisotopic (exact) mass is 268 g/mol. The van der Waals surface area contributed by atoms with Crippen LogP contribution in [0.15, 0.2) is 19.5 Å². The minimum absolute atomic E-state index is 0.00675. The van der Waals surface area contributed by atoms with Gasteiger partial charge in [0.2, 0.25) is 5.84 Å². The zero-order valence-electron chi connectivity index (χ0n) is 9.18. The molecule has 100 valence electrons. The van der Waals surface area contributed by atoms with Crippen molar-refractivity contribution in [1.29, 1.82) is 0 Å². The molecule has 0 amide bonds. The maximum absolute atomic E-state index is 8.89.